The molecule has 0 bridgehead atoms. The van der Waals surface area contributed by atoms with Crippen LogP contribution in [-0.4, -0.2) is 47.8 Å². The van der Waals surface area contributed by atoms with Crippen LogP contribution in [0.25, 0.3) is 0 Å². The second kappa shape index (κ2) is 10.2. The Bertz CT molecular complexity index is 803. The third kappa shape index (κ3) is 5.53. The van der Waals surface area contributed by atoms with E-state index < -0.39 is 6.04 Å². The zero-order valence-corrected chi connectivity index (χ0v) is 16.6. The normalized spacial score (nSPS) is 16.4. The molecule has 2 aromatic carbocycles. The molecule has 0 spiro atoms. The lowest BCUT2D eigenvalue weighted by atomic mass is 10.1. The number of hydrogen-bond acceptors (Lipinski definition) is 3. The Morgan fingerprint density at radius 3 is 2.57 bits per heavy atom. The number of amides is 2. The molecule has 0 radical (unpaired) electrons. The number of hydrogen-bond donors (Lipinski definition) is 1. The minimum atomic E-state index is -0.573. The van der Waals surface area contributed by atoms with Gasteiger partial charge in [-0.05, 0) is 11.6 Å². The summed E-state index contributed by atoms with van der Waals surface area (Å²) in [6.07, 6.45) is 0.0932. The van der Waals surface area contributed by atoms with Crippen LogP contribution in [0.3, 0.4) is 0 Å². The highest BCUT2D eigenvalue weighted by molar-refractivity contribution is 5.88. The van der Waals surface area contributed by atoms with Gasteiger partial charge in [-0.25, -0.2) is 4.39 Å². The number of benzene rings is 2. The van der Waals surface area contributed by atoms with Gasteiger partial charge in [0, 0.05) is 38.8 Å². The molecule has 28 heavy (non-hydrogen) atoms. The van der Waals surface area contributed by atoms with Gasteiger partial charge in [-0.2, -0.15) is 0 Å². The van der Waals surface area contributed by atoms with Crippen LogP contribution in [0, 0.1) is 5.82 Å². The molecular weight excluding hydrogens is 381 g/mol. The molecule has 0 saturated carbocycles. The number of carbonyl (C=O) groups excluding carboxylic acids is 2. The average molecular weight is 406 g/mol. The largest absolute Gasteiger partial charge is 0.341 e. The zero-order chi connectivity index (χ0) is 19.2. The first-order chi connectivity index (χ1) is 13.0. The summed E-state index contributed by atoms with van der Waals surface area (Å²) in [5.74, 6) is -0.581. The minimum absolute atomic E-state index is 0. The van der Waals surface area contributed by atoms with E-state index >= 15 is 0 Å². The summed E-state index contributed by atoms with van der Waals surface area (Å²) in [4.78, 5) is 28.5. The average Bonchev–Trinajstić information content (AvgIpc) is 2.67. The standard InChI is InChI=1S/C21H24FN3O2.ClH/c1-24(14-16-7-3-2-4-8-16)20(26)13-19-21(27)25(12-11-23-19)15-17-9-5-6-10-18(17)22;/h2-10,19,23H,11-15H2,1H3;1H. The van der Waals surface area contributed by atoms with Crippen molar-refractivity contribution in [1.82, 2.24) is 15.1 Å². The van der Waals surface area contributed by atoms with Gasteiger partial charge in [0.05, 0.1) is 12.5 Å². The van der Waals surface area contributed by atoms with Crippen molar-refractivity contribution in [1.29, 1.82) is 0 Å². The maximum atomic E-state index is 13.9. The molecule has 5 nitrogen and oxygen atoms in total. The summed E-state index contributed by atoms with van der Waals surface area (Å²) in [6.45, 7) is 1.80. The number of carbonyl (C=O) groups is 2. The van der Waals surface area contributed by atoms with Crippen molar-refractivity contribution in [3.63, 3.8) is 0 Å². The molecule has 1 atom stereocenters. The Morgan fingerprint density at radius 1 is 1.18 bits per heavy atom. The van der Waals surface area contributed by atoms with Crippen LogP contribution in [0.4, 0.5) is 4.39 Å². The molecule has 1 unspecified atom stereocenters. The van der Waals surface area contributed by atoms with Crippen molar-refractivity contribution in [2.45, 2.75) is 25.6 Å². The van der Waals surface area contributed by atoms with Crippen LogP contribution in [-0.2, 0) is 22.7 Å². The first-order valence-corrected chi connectivity index (χ1v) is 9.08. The lowest BCUT2D eigenvalue weighted by Gasteiger charge is -2.33. The lowest BCUT2D eigenvalue weighted by Crippen LogP contribution is -2.55. The summed E-state index contributed by atoms with van der Waals surface area (Å²) in [7, 11) is 1.74. The Balaban J connectivity index is 0.00000280. The van der Waals surface area contributed by atoms with Gasteiger partial charge in [0.2, 0.25) is 11.8 Å². The number of halogens is 2. The summed E-state index contributed by atoms with van der Waals surface area (Å²) in [5.41, 5.74) is 1.52. The first kappa shape index (κ1) is 21.9. The van der Waals surface area contributed by atoms with Gasteiger partial charge in [-0.15, -0.1) is 12.4 Å². The van der Waals surface area contributed by atoms with Crippen LogP contribution in [0.1, 0.15) is 17.5 Å². The third-order valence-electron chi connectivity index (χ3n) is 4.77. The molecule has 150 valence electrons. The molecule has 0 aromatic heterocycles. The van der Waals surface area contributed by atoms with Crippen LogP contribution < -0.4 is 5.32 Å². The smallest absolute Gasteiger partial charge is 0.240 e. The molecule has 3 rings (SSSR count). The molecular formula is C21H25ClFN3O2. The number of piperazine rings is 1. The maximum absolute atomic E-state index is 13.9. The van der Waals surface area contributed by atoms with Crippen molar-refractivity contribution in [2.75, 3.05) is 20.1 Å². The quantitative estimate of drug-likeness (QED) is 0.803. The molecule has 1 fully saturated rings. The second-order valence-corrected chi connectivity index (χ2v) is 6.80. The van der Waals surface area contributed by atoms with Gasteiger partial charge in [0.25, 0.3) is 0 Å². The van der Waals surface area contributed by atoms with E-state index in [1.165, 1.54) is 6.07 Å². The van der Waals surface area contributed by atoms with E-state index in [1.807, 2.05) is 30.3 Å². The molecule has 2 amide bonds. The molecule has 1 aliphatic heterocycles. The molecule has 0 aliphatic carbocycles. The monoisotopic (exact) mass is 405 g/mol. The predicted octanol–water partition coefficient (Wildman–Crippen LogP) is 2.60. The highest BCUT2D eigenvalue weighted by Crippen LogP contribution is 2.14. The Labute approximate surface area is 170 Å². The summed E-state index contributed by atoms with van der Waals surface area (Å²) in [5, 5.41) is 3.12. The van der Waals surface area contributed by atoms with Gasteiger partial charge in [-0.1, -0.05) is 48.5 Å². The molecule has 2 aromatic rings. The molecule has 1 aliphatic rings. The Kier molecular flexibility index (Phi) is 7.96. The fourth-order valence-electron chi connectivity index (χ4n) is 3.22. The van der Waals surface area contributed by atoms with Crippen molar-refractivity contribution in [2.24, 2.45) is 0 Å². The fraction of sp³-hybridized carbons (Fsp3) is 0.333. The first-order valence-electron chi connectivity index (χ1n) is 9.08. The summed E-state index contributed by atoms with van der Waals surface area (Å²) >= 11 is 0. The topological polar surface area (TPSA) is 52.7 Å². The number of rotatable bonds is 6. The van der Waals surface area contributed by atoms with E-state index in [9.17, 15) is 14.0 Å². The Morgan fingerprint density at radius 2 is 1.86 bits per heavy atom. The summed E-state index contributed by atoms with van der Waals surface area (Å²) < 4.78 is 13.9. The van der Waals surface area contributed by atoms with Crippen LogP contribution in [0.2, 0.25) is 0 Å². The van der Waals surface area contributed by atoms with E-state index in [0.717, 1.165) is 5.56 Å². The molecule has 1 heterocycles. The van der Waals surface area contributed by atoms with Crippen molar-refractivity contribution < 1.29 is 14.0 Å². The predicted molar refractivity (Wildman–Crippen MR) is 108 cm³/mol. The van der Waals surface area contributed by atoms with Crippen LogP contribution >= 0.6 is 12.4 Å². The second-order valence-electron chi connectivity index (χ2n) is 6.80. The van der Waals surface area contributed by atoms with Crippen LogP contribution in [0.5, 0.6) is 0 Å². The molecule has 7 heteroatoms. The zero-order valence-electron chi connectivity index (χ0n) is 15.8. The highest BCUT2D eigenvalue weighted by atomic mass is 35.5. The van der Waals surface area contributed by atoms with Crippen molar-refractivity contribution >= 4 is 24.2 Å². The summed E-state index contributed by atoms with van der Waals surface area (Å²) in [6, 6.07) is 15.6. The SMILES string of the molecule is CN(Cc1ccccc1)C(=O)CC1NCCN(Cc2ccccc2F)C1=O.Cl. The van der Waals surface area contributed by atoms with Crippen molar-refractivity contribution in [3.05, 3.63) is 71.5 Å². The maximum Gasteiger partial charge on any atom is 0.240 e. The van der Waals surface area contributed by atoms with E-state index in [-0.39, 0.29) is 43.0 Å². The van der Waals surface area contributed by atoms with E-state index in [0.29, 0.717) is 25.2 Å². The third-order valence-corrected chi connectivity index (χ3v) is 4.77. The fourth-order valence-corrected chi connectivity index (χ4v) is 3.22. The minimum Gasteiger partial charge on any atom is -0.341 e. The van der Waals surface area contributed by atoms with Gasteiger partial charge in [0.1, 0.15) is 5.82 Å². The Hall–Kier alpha value is -2.44. The molecule has 1 saturated heterocycles. The van der Waals surface area contributed by atoms with Gasteiger partial charge in [-0.3, -0.25) is 9.59 Å². The van der Waals surface area contributed by atoms with E-state index in [4.69, 9.17) is 0 Å². The number of nitrogens with zero attached hydrogens (tertiary/aromatic N) is 2. The van der Waals surface area contributed by atoms with E-state index in [2.05, 4.69) is 5.32 Å². The lowest BCUT2D eigenvalue weighted by molar-refractivity contribution is -0.141. The van der Waals surface area contributed by atoms with Crippen LogP contribution in [0.15, 0.2) is 54.6 Å². The van der Waals surface area contributed by atoms with Crippen molar-refractivity contribution in [3.8, 4) is 0 Å². The number of nitrogens with one attached hydrogen (secondary N) is 1. The molecule has 1 N–H and O–H groups in total. The van der Waals surface area contributed by atoms with E-state index in [1.54, 1.807) is 35.0 Å². The highest BCUT2D eigenvalue weighted by Gasteiger charge is 2.31. The van der Waals surface area contributed by atoms with Gasteiger partial charge >= 0.3 is 0 Å². The van der Waals surface area contributed by atoms with Gasteiger partial charge < -0.3 is 15.1 Å². The van der Waals surface area contributed by atoms with Gasteiger partial charge in [0.15, 0.2) is 0 Å².